The van der Waals surface area contributed by atoms with Crippen molar-refractivity contribution in [2.75, 3.05) is 40.0 Å². The molecule has 0 aliphatic heterocycles. The summed E-state index contributed by atoms with van der Waals surface area (Å²) in [5.74, 6) is 1.22. The fourth-order valence-electron chi connectivity index (χ4n) is 1.90. The van der Waals surface area contributed by atoms with Gasteiger partial charge in [0.25, 0.3) is 0 Å². The number of nitrogens with zero attached hydrogens (tertiary/aromatic N) is 1. The number of hydrogen-bond donors (Lipinski definition) is 2. The van der Waals surface area contributed by atoms with Crippen LogP contribution in [0, 0.1) is 5.82 Å². The lowest BCUT2D eigenvalue weighted by Gasteiger charge is -2.12. The van der Waals surface area contributed by atoms with Crippen LogP contribution < -0.4 is 15.4 Å². The molecular formula is C17H28FN3O2. The van der Waals surface area contributed by atoms with Gasteiger partial charge in [0.2, 0.25) is 0 Å². The van der Waals surface area contributed by atoms with Gasteiger partial charge in [-0.1, -0.05) is 0 Å². The molecule has 6 heteroatoms. The lowest BCUT2D eigenvalue weighted by Crippen LogP contribution is -2.38. The number of aliphatic imine (C=N–C) groups is 1. The molecule has 0 unspecified atom stereocenters. The maximum atomic E-state index is 12.8. The molecule has 0 saturated carbocycles. The van der Waals surface area contributed by atoms with Crippen molar-refractivity contribution < 1.29 is 13.9 Å². The molecule has 1 aromatic carbocycles. The summed E-state index contributed by atoms with van der Waals surface area (Å²) >= 11 is 0. The molecule has 0 aliphatic rings. The average molecular weight is 325 g/mol. The van der Waals surface area contributed by atoms with Crippen LogP contribution >= 0.6 is 0 Å². The third-order valence-corrected chi connectivity index (χ3v) is 3.13. The Morgan fingerprint density at radius 1 is 1.04 bits per heavy atom. The first-order valence-electron chi connectivity index (χ1n) is 8.17. The number of benzene rings is 1. The van der Waals surface area contributed by atoms with E-state index in [1.54, 1.807) is 19.2 Å². The Balaban J connectivity index is 2.03. The second-order valence-electron chi connectivity index (χ2n) is 4.99. The first-order valence-corrected chi connectivity index (χ1v) is 8.17. The lowest BCUT2D eigenvalue weighted by atomic mass is 10.3. The molecule has 0 aliphatic carbocycles. The van der Waals surface area contributed by atoms with Gasteiger partial charge in [-0.3, -0.25) is 4.99 Å². The van der Waals surface area contributed by atoms with Crippen molar-refractivity contribution in [3.05, 3.63) is 30.1 Å². The van der Waals surface area contributed by atoms with Crippen molar-refractivity contribution in [3.8, 4) is 5.75 Å². The Kier molecular flexibility index (Phi) is 10.6. The summed E-state index contributed by atoms with van der Waals surface area (Å²) in [5, 5.41) is 6.50. The van der Waals surface area contributed by atoms with Gasteiger partial charge in [-0.2, -0.15) is 0 Å². The highest BCUT2D eigenvalue weighted by atomic mass is 19.1. The number of halogens is 1. The van der Waals surface area contributed by atoms with Gasteiger partial charge < -0.3 is 20.1 Å². The van der Waals surface area contributed by atoms with Crippen molar-refractivity contribution in [2.24, 2.45) is 4.99 Å². The quantitative estimate of drug-likeness (QED) is 0.373. The maximum Gasteiger partial charge on any atom is 0.190 e. The van der Waals surface area contributed by atoms with Crippen LogP contribution in [0.2, 0.25) is 0 Å². The number of rotatable bonds is 11. The molecule has 0 amide bonds. The second kappa shape index (κ2) is 12.7. The summed E-state index contributed by atoms with van der Waals surface area (Å²) in [7, 11) is 1.75. The van der Waals surface area contributed by atoms with Crippen LogP contribution in [0.1, 0.15) is 26.2 Å². The first-order chi connectivity index (χ1) is 11.3. The van der Waals surface area contributed by atoms with Gasteiger partial charge >= 0.3 is 0 Å². The summed E-state index contributed by atoms with van der Waals surface area (Å²) in [6, 6.07) is 6.05. The molecule has 0 saturated heterocycles. The minimum Gasteiger partial charge on any atom is -0.494 e. The van der Waals surface area contributed by atoms with Gasteiger partial charge in [0.05, 0.1) is 6.61 Å². The van der Waals surface area contributed by atoms with Crippen molar-refractivity contribution >= 4 is 5.96 Å². The molecule has 5 nitrogen and oxygen atoms in total. The van der Waals surface area contributed by atoms with Crippen molar-refractivity contribution in [1.82, 2.24) is 10.6 Å². The highest BCUT2D eigenvalue weighted by molar-refractivity contribution is 5.79. The molecule has 0 aromatic heterocycles. The molecule has 0 radical (unpaired) electrons. The van der Waals surface area contributed by atoms with Crippen LogP contribution in [0.3, 0.4) is 0 Å². The summed E-state index contributed by atoms with van der Waals surface area (Å²) < 4.78 is 23.6. The predicted molar refractivity (Wildman–Crippen MR) is 91.6 cm³/mol. The zero-order valence-electron chi connectivity index (χ0n) is 14.1. The predicted octanol–water partition coefficient (Wildman–Crippen LogP) is 2.58. The van der Waals surface area contributed by atoms with E-state index in [9.17, 15) is 4.39 Å². The van der Waals surface area contributed by atoms with E-state index in [0.29, 0.717) is 12.4 Å². The zero-order chi connectivity index (χ0) is 16.8. The van der Waals surface area contributed by atoms with Crippen LogP contribution in [0.15, 0.2) is 29.3 Å². The molecular weight excluding hydrogens is 297 g/mol. The summed E-state index contributed by atoms with van der Waals surface area (Å²) in [5.41, 5.74) is 0. The normalized spacial score (nSPS) is 11.3. The van der Waals surface area contributed by atoms with Crippen LogP contribution in [-0.2, 0) is 4.74 Å². The van der Waals surface area contributed by atoms with Gasteiger partial charge in [-0.05, 0) is 50.5 Å². The van der Waals surface area contributed by atoms with Crippen LogP contribution in [0.5, 0.6) is 5.75 Å². The lowest BCUT2D eigenvalue weighted by molar-refractivity contribution is 0.143. The van der Waals surface area contributed by atoms with Crippen LogP contribution in [0.4, 0.5) is 4.39 Å². The molecule has 0 fully saturated rings. The highest BCUT2D eigenvalue weighted by Crippen LogP contribution is 2.10. The third-order valence-electron chi connectivity index (χ3n) is 3.13. The van der Waals surface area contributed by atoms with Gasteiger partial charge in [-0.15, -0.1) is 0 Å². The number of nitrogens with one attached hydrogen (secondary N) is 2. The van der Waals surface area contributed by atoms with Gasteiger partial charge in [0, 0.05) is 33.4 Å². The van der Waals surface area contributed by atoms with Gasteiger partial charge in [0.15, 0.2) is 5.96 Å². The van der Waals surface area contributed by atoms with Crippen molar-refractivity contribution in [1.29, 1.82) is 0 Å². The monoisotopic (exact) mass is 325 g/mol. The Labute approximate surface area is 138 Å². The summed E-state index contributed by atoms with van der Waals surface area (Å²) in [6.07, 6.45) is 2.93. The average Bonchev–Trinajstić information content (AvgIpc) is 2.57. The molecule has 1 aromatic rings. The standard InChI is InChI=1S/C17H28FN3O2/c1-3-22-13-5-4-11-20-17(19-2)21-12-6-14-23-16-9-7-15(18)8-10-16/h7-10H,3-6,11-14H2,1-2H3,(H2,19,20,21). The fraction of sp³-hybridized carbons (Fsp3) is 0.588. The van der Waals surface area contributed by atoms with E-state index in [2.05, 4.69) is 15.6 Å². The van der Waals surface area contributed by atoms with Crippen LogP contribution in [0.25, 0.3) is 0 Å². The Bertz CT molecular complexity index is 438. The Morgan fingerprint density at radius 2 is 1.74 bits per heavy atom. The van der Waals surface area contributed by atoms with Crippen LogP contribution in [-0.4, -0.2) is 45.9 Å². The van der Waals surface area contributed by atoms with Gasteiger partial charge in [0.1, 0.15) is 11.6 Å². The van der Waals surface area contributed by atoms with E-state index >= 15 is 0 Å². The minimum absolute atomic E-state index is 0.254. The molecule has 130 valence electrons. The number of unbranched alkanes of at least 4 members (excludes halogenated alkanes) is 1. The fourth-order valence-corrected chi connectivity index (χ4v) is 1.90. The second-order valence-corrected chi connectivity index (χ2v) is 4.99. The van der Waals surface area contributed by atoms with Crippen molar-refractivity contribution in [2.45, 2.75) is 26.2 Å². The Hall–Kier alpha value is -1.82. The third kappa shape index (κ3) is 9.73. The van der Waals surface area contributed by atoms with E-state index < -0.39 is 0 Å². The number of ether oxygens (including phenoxy) is 2. The summed E-state index contributed by atoms with van der Waals surface area (Å²) in [6.45, 7) is 5.80. The van der Waals surface area contributed by atoms with E-state index in [0.717, 1.165) is 51.5 Å². The van der Waals surface area contributed by atoms with E-state index in [4.69, 9.17) is 9.47 Å². The molecule has 0 heterocycles. The SMILES string of the molecule is CCOCCCCNC(=NC)NCCCOc1ccc(F)cc1. The molecule has 23 heavy (non-hydrogen) atoms. The summed E-state index contributed by atoms with van der Waals surface area (Å²) in [4.78, 5) is 4.17. The number of guanidine groups is 1. The van der Waals surface area contributed by atoms with E-state index in [1.807, 2.05) is 6.92 Å². The van der Waals surface area contributed by atoms with Gasteiger partial charge in [-0.25, -0.2) is 4.39 Å². The molecule has 0 bridgehead atoms. The Morgan fingerprint density at radius 3 is 2.39 bits per heavy atom. The molecule has 0 spiro atoms. The topological polar surface area (TPSA) is 54.9 Å². The largest absolute Gasteiger partial charge is 0.494 e. The van der Waals surface area contributed by atoms with E-state index in [1.165, 1.54) is 12.1 Å². The molecule has 0 atom stereocenters. The van der Waals surface area contributed by atoms with Crippen molar-refractivity contribution in [3.63, 3.8) is 0 Å². The first kappa shape index (κ1) is 19.2. The van der Waals surface area contributed by atoms with E-state index in [-0.39, 0.29) is 5.82 Å². The smallest absolute Gasteiger partial charge is 0.190 e. The zero-order valence-corrected chi connectivity index (χ0v) is 14.1. The maximum absolute atomic E-state index is 12.8. The highest BCUT2D eigenvalue weighted by Gasteiger charge is 1.98. The minimum atomic E-state index is -0.254. The molecule has 2 N–H and O–H groups in total. The molecule has 1 rings (SSSR count). The number of hydrogen-bond acceptors (Lipinski definition) is 3.